The smallest absolute Gasteiger partial charge is 0.390 e. The van der Waals surface area contributed by atoms with E-state index in [-0.39, 0.29) is 12.3 Å². The summed E-state index contributed by atoms with van der Waals surface area (Å²) in [6.07, 6.45) is 14.3. The molecule has 0 saturated carbocycles. The van der Waals surface area contributed by atoms with E-state index in [2.05, 4.69) is 18.4 Å². The third kappa shape index (κ3) is 13.9. The van der Waals surface area contributed by atoms with Crippen LogP contribution in [-0.4, -0.2) is 38.0 Å². The fraction of sp³-hybridized carbons (Fsp3) is 0.471. The molecule has 0 radical (unpaired) electrons. The number of carbonyl (C=O) groups is 2. The molecular weight excluding hydrogens is 520 g/mol. The topological polar surface area (TPSA) is 80.3 Å². The second kappa shape index (κ2) is 19.3. The molecule has 0 N–H and O–H groups in total. The van der Waals surface area contributed by atoms with Crippen LogP contribution in [0.5, 0.6) is 17.2 Å². The molecule has 0 amide bonds. The van der Waals surface area contributed by atoms with Crippen LogP contribution < -0.4 is 14.2 Å². The van der Waals surface area contributed by atoms with Crippen molar-refractivity contribution >= 4 is 11.9 Å². The van der Waals surface area contributed by atoms with E-state index in [1.54, 1.807) is 24.3 Å². The van der Waals surface area contributed by atoms with E-state index in [1.165, 1.54) is 38.2 Å². The zero-order valence-corrected chi connectivity index (χ0v) is 23.9. The Labute approximate surface area is 244 Å². The van der Waals surface area contributed by atoms with Gasteiger partial charge in [-0.15, -0.1) is 0 Å². The molecule has 0 aromatic heterocycles. The van der Waals surface area contributed by atoms with Crippen molar-refractivity contribution in [2.45, 2.75) is 83.3 Å². The van der Waals surface area contributed by atoms with Crippen LogP contribution in [0.15, 0.2) is 61.2 Å². The molecule has 1 aliphatic heterocycles. The van der Waals surface area contributed by atoms with Crippen LogP contribution in [0.3, 0.4) is 0 Å². The predicted octanol–water partition coefficient (Wildman–Crippen LogP) is 7.17. The Morgan fingerprint density at radius 1 is 0.805 bits per heavy atom. The van der Waals surface area contributed by atoms with Crippen LogP contribution in [0.2, 0.25) is 0 Å². The number of ether oxygens (including phenoxy) is 5. The molecule has 0 spiro atoms. The molecule has 2 aromatic carbocycles. The molecule has 0 bridgehead atoms. The Bertz CT molecular complexity index is 1110. The van der Waals surface area contributed by atoms with Gasteiger partial charge in [-0.1, -0.05) is 57.4 Å². The monoisotopic (exact) mass is 562 g/mol. The first-order valence-corrected chi connectivity index (χ1v) is 14.8. The number of unbranched alkanes of at least 4 members (excludes halogenated alkanes) is 8. The van der Waals surface area contributed by atoms with Gasteiger partial charge in [-0.05, 0) is 74.2 Å². The lowest BCUT2D eigenvalue weighted by Crippen LogP contribution is -2.24. The first kappa shape index (κ1) is 31.8. The lowest BCUT2D eigenvalue weighted by atomic mass is 10.1. The summed E-state index contributed by atoms with van der Waals surface area (Å²) in [4.78, 5) is 23.1. The van der Waals surface area contributed by atoms with Crippen LogP contribution in [0.4, 0.5) is 0 Å². The molecule has 2 aromatic rings. The average molecular weight is 563 g/mol. The number of benzene rings is 2. The zero-order chi connectivity index (χ0) is 29.0. The number of carbonyl (C=O) groups excluding carboxylic acids is 2. The number of hydrogen-bond donors (Lipinski definition) is 0. The van der Waals surface area contributed by atoms with Gasteiger partial charge in [-0.2, -0.15) is 0 Å². The summed E-state index contributed by atoms with van der Waals surface area (Å²) in [5.74, 6) is 6.26. The Morgan fingerprint density at radius 3 is 2.05 bits per heavy atom. The highest BCUT2D eigenvalue weighted by molar-refractivity contribution is 5.90. The molecule has 1 heterocycles. The van der Waals surface area contributed by atoms with Crippen molar-refractivity contribution in [3.05, 3.63) is 66.7 Å². The average Bonchev–Trinajstić information content (AvgIpc) is 3.00. The van der Waals surface area contributed by atoms with Crippen molar-refractivity contribution in [1.29, 1.82) is 0 Å². The van der Waals surface area contributed by atoms with Gasteiger partial charge in [0.15, 0.2) is 6.29 Å². The molecule has 1 unspecified atom stereocenters. The van der Waals surface area contributed by atoms with Crippen LogP contribution in [0.25, 0.3) is 0 Å². The summed E-state index contributed by atoms with van der Waals surface area (Å²) >= 11 is 0. The van der Waals surface area contributed by atoms with Crippen molar-refractivity contribution in [3.63, 3.8) is 0 Å². The molecule has 7 heteroatoms. The van der Waals surface area contributed by atoms with E-state index < -0.39 is 5.97 Å². The number of esters is 2. The van der Waals surface area contributed by atoms with Gasteiger partial charge in [0.05, 0.1) is 19.8 Å². The molecule has 3 rings (SSSR count). The maximum Gasteiger partial charge on any atom is 0.390 e. The largest absolute Gasteiger partial charge is 0.494 e. The minimum absolute atomic E-state index is 0.216. The summed E-state index contributed by atoms with van der Waals surface area (Å²) in [5.41, 5.74) is 0.711. The summed E-state index contributed by atoms with van der Waals surface area (Å²) in [5, 5.41) is 0. The van der Waals surface area contributed by atoms with Crippen LogP contribution in [-0.2, 0) is 19.1 Å². The van der Waals surface area contributed by atoms with Crippen LogP contribution >= 0.6 is 0 Å². The SMILES string of the molecule is C=CC(=O)OCCCCCCCCCCCOc1ccc(C#CC(=O)Oc2ccc(OC3CCCCO3)cc2)cc1. The van der Waals surface area contributed by atoms with Crippen LogP contribution in [0.1, 0.15) is 82.6 Å². The third-order valence-electron chi connectivity index (χ3n) is 6.57. The second-order valence-corrected chi connectivity index (χ2v) is 9.95. The van der Waals surface area contributed by atoms with Crippen molar-refractivity contribution in [2.75, 3.05) is 19.8 Å². The van der Waals surface area contributed by atoms with E-state index in [4.69, 9.17) is 23.7 Å². The maximum absolute atomic E-state index is 12.1. The lowest BCUT2D eigenvalue weighted by molar-refractivity contribution is -0.137. The van der Waals surface area contributed by atoms with Gasteiger partial charge >= 0.3 is 11.9 Å². The van der Waals surface area contributed by atoms with Gasteiger partial charge < -0.3 is 23.7 Å². The summed E-state index contributed by atoms with van der Waals surface area (Å²) in [6, 6.07) is 14.3. The molecule has 1 aliphatic rings. The van der Waals surface area contributed by atoms with Gasteiger partial charge in [0.1, 0.15) is 17.2 Å². The minimum atomic E-state index is -0.624. The standard InChI is InChI=1S/C34H42O7/c1-2-32(35)38-26-12-9-7-5-3-4-6-8-11-25-37-29-18-15-28(16-19-29)17-24-33(36)40-30-20-22-31(23-21-30)41-34-14-10-13-27-39-34/h2,15-16,18-23,34H,1,3-14,25-27H2. The maximum atomic E-state index is 12.1. The molecular formula is C34H42O7. The predicted molar refractivity (Wildman–Crippen MR) is 158 cm³/mol. The Morgan fingerprint density at radius 2 is 1.41 bits per heavy atom. The fourth-order valence-electron chi connectivity index (χ4n) is 4.30. The highest BCUT2D eigenvalue weighted by atomic mass is 16.7. The van der Waals surface area contributed by atoms with Crippen molar-refractivity contribution in [3.8, 4) is 29.1 Å². The quantitative estimate of drug-likeness (QED) is 0.0665. The summed E-state index contributed by atoms with van der Waals surface area (Å²) < 4.78 is 27.5. The molecule has 41 heavy (non-hydrogen) atoms. The van der Waals surface area contributed by atoms with Crippen molar-refractivity contribution in [1.82, 2.24) is 0 Å². The Kier molecular flexibility index (Phi) is 15.0. The van der Waals surface area contributed by atoms with Gasteiger partial charge in [0.2, 0.25) is 0 Å². The highest BCUT2D eigenvalue weighted by Gasteiger charge is 2.15. The minimum Gasteiger partial charge on any atom is -0.494 e. The lowest BCUT2D eigenvalue weighted by Gasteiger charge is -2.23. The van der Waals surface area contributed by atoms with E-state index >= 15 is 0 Å². The molecule has 0 aliphatic carbocycles. The van der Waals surface area contributed by atoms with Crippen molar-refractivity contribution < 1.29 is 33.3 Å². The van der Waals surface area contributed by atoms with Gasteiger partial charge in [-0.3, -0.25) is 0 Å². The second-order valence-electron chi connectivity index (χ2n) is 9.95. The molecule has 1 atom stereocenters. The third-order valence-corrected chi connectivity index (χ3v) is 6.57. The molecule has 220 valence electrons. The Balaban J connectivity index is 1.22. The molecule has 1 fully saturated rings. The fourth-order valence-corrected chi connectivity index (χ4v) is 4.30. The normalized spacial score (nSPS) is 14.3. The summed E-state index contributed by atoms with van der Waals surface area (Å²) in [7, 11) is 0. The van der Waals surface area contributed by atoms with Crippen molar-refractivity contribution in [2.24, 2.45) is 0 Å². The van der Waals surface area contributed by atoms with Crippen LogP contribution in [0, 0.1) is 11.8 Å². The summed E-state index contributed by atoms with van der Waals surface area (Å²) in [6.45, 7) is 5.27. The number of hydrogen-bond acceptors (Lipinski definition) is 7. The van der Waals surface area contributed by atoms with E-state index in [0.717, 1.165) is 57.3 Å². The highest BCUT2D eigenvalue weighted by Crippen LogP contribution is 2.22. The van der Waals surface area contributed by atoms with E-state index in [9.17, 15) is 9.59 Å². The Hall–Kier alpha value is -3.76. The molecule has 7 nitrogen and oxygen atoms in total. The van der Waals surface area contributed by atoms with Gasteiger partial charge in [0.25, 0.3) is 0 Å². The van der Waals surface area contributed by atoms with Gasteiger partial charge in [-0.25, -0.2) is 9.59 Å². The number of rotatable bonds is 17. The van der Waals surface area contributed by atoms with Gasteiger partial charge in [0, 0.05) is 24.0 Å². The zero-order valence-electron chi connectivity index (χ0n) is 23.9. The first-order valence-electron chi connectivity index (χ1n) is 14.8. The first-order chi connectivity index (χ1) is 20.1. The molecule has 1 saturated heterocycles. The van der Waals surface area contributed by atoms with E-state index in [1.807, 2.05) is 24.3 Å². The van der Waals surface area contributed by atoms with E-state index in [0.29, 0.717) is 30.3 Å².